The first-order chi connectivity index (χ1) is 10.9. The van der Waals surface area contributed by atoms with Gasteiger partial charge in [-0.25, -0.2) is 0 Å². The van der Waals surface area contributed by atoms with Crippen molar-refractivity contribution >= 4 is 17.6 Å². The maximum atomic E-state index is 11.8. The lowest BCUT2D eigenvalue weighted by atomic mass is 9.74. The molecule has 0 radical (unpaired) electrons. The van der Waals surface area contributed by atoms with Crippen molar-refractivity contribution in [3.8, 4) is 11.3 Å². The number of carboxylic acids is 1. The van der Waals surface area contributed by atoms with Crippen molar-refractivity contribution in [2.75, 3.05) is 0 Å². The summed E-state index contributed by atoms with van der Waals surface area (Å²) in [5.74, 6) is -0.973. The van der Waals surface area contributed by atoms with Crippen LogP contribution < -0.4 is 11.1 Å². The molecule has 0 unspecified atom stereocenters. The van der Waals surface area contributed by atoms with Gasteiger partial charge in [-0.05, 0) is 24.1 Å². The van der Waals surface area contributed by atoms with Crippen molar-refractivity contribution in [2.45, 2.75) is 31.6 Å². The van der Waals surface area contributed by atoms with E-state index >= 15 is 0 Å². The molecular weight excluding hydrogens is 320 g/mol. The normalized spacial score (nSPS) is 18.5. The van der Waals surface area contributed by atoms with Crippen LogP contribution in [-0.2, 0) is 10.2 Å². The number of aromatic amines is 2. The highest BCUT2D eigenvalue weighted by Crippen LogP contribution is 2.51. The summed E-state index contributed by atoms with van der Waals surface area (Å²) in [5.41, 5.74) is -0.107. The van der Waals surface area contributed by atoms with Crippen LogP contribution in [0.2, 0.25) is 5.02 Å². The van der Waals surface area contributed by atoms with E-state index in [4.69, 9.17) is 11.6 Å². The molecule has 1 aromatic heterocycles. The summed E-state index contributed by atoms with van der Waals surface area (Å²) in [7, 11) is 0. The Kier molecular flexibility index (Phi) is 3.64. The van der Waals surface area contributed by atoms with Gasteiger partial charge in [-0.1, -0.05) is 31.0 Å². The highest BCUT2D eigenvalue weighted by molar-refractivity contribution is 6.31. The molecule has 120 valence electrons. The lowest BCUT2D eigenvalue weighted by molar-refractivity contribution is -0.138. The predicted molar refractivity (Wildman–Crippen MR) is 86.1 cm³/mol. The van der Waals surface area contributed by atoms with Crippen LogP contribution in [0.5, 0.6) is 0 Å². The van der Waals surface area contributed by atoms with Crippen molar-refractivity contribution in [1.82, 2.24) is 9.97 Å². The van der Waals surface area contributed by atoms with Gasteiger partial charge in [-0.2, -0.15) is 0 Å². The molecule has 2 aromatic rings. The Morgan fingerprint density at radius 1 is 1.26 bits per heavy atom. The second-order valence-electron chi connectivity index (χ2n) is 5.75. The Morgan fingerprint density at radius 2 is 1.96 bits per heavy atom. The first-order valence-corrected chi connectivity index (χ1v) is 7.66. The van der Waals surface area contributed by atoms with Gasteiger partial charge in [0.05, 0.1) is 17.8 Å². The van der Waals surface area contributed by atoms with Gasteiger partial charge < -0.3 is 15.1 Å². The fraction of sp³-hybridized carbons (Fsp3) is 0.312. The third kappa shape index (κ3) is 2.30. The lowest BCUT2D eigenvalue weighted by Gasteiger charge is -2.29. The molecule has 1 aliphatic rings. The van der Waals surface area contributed by atoms with Crippen LogP contribution in [0.1, 0.15) is 37.4 Å². The number of aromatic nitrogens is 2. The predicted octanol–water partition coefficient (Wildman–Crippen LogP) is 2.26. The zero-order valence-electron chi connectivity index (χ0n) is 12.4. The van der Waals surface area contributed by atoms with Crippen LogP contribution in [0.4, 0.5) is 0 Å². The fourth-order valence-electron chi connectivity index (χ4n) is 3.52. The van der Waals surface area contributed by atoms with E-state index in [1.807, 2.05) is 6.92 Å². The van der Waals surface area contributed by atoms with Gasteiger partial charge in [0.15, 0.2) is 0 Å². The number of hydrogen-bond donors (Lipinski definition) is 3. The summed E-state index contributed by atoms with van der Waals surface area (Å²) in [6.07, 6.45) is 1.07. The van der Waals surface area contributed by atoms with Crippen molar-refractivity contribution in [2.24, 2.45) is 0 Å². The second kappa shape index (κ2) is 5.38. The largest absolute Gasteiger partial charge is 0.481 e. The first kappa shape index (κ1) is 15.6. The maximum absolute atomic E-state index is 11.8. The molecule has 0 spiro atoms. The Labute approximate surface area is 136 Å². The van der Waals surface area contributed by atoms with E-state index in [1.54, 1.807) is 18.2 Å². The smallest absolute Gasteiger partial charge is 0.314 e. The van der Waals surface area contributed by atoms with E-state index in [1.165, 1.54) is 0 Å². The number of halogens is 1. The average Bonchev–Trinajstić information content (AvgIpc) is 2.70. The standard InChI is InChI=1S/C16H15ClN2O4/c1-2-5-16(7-11(20)21)10-4-3-8(17)6-9(10)12-13(16)19-15(23)14(22)18-12/h3-4,6H,2,5,7H2,1H3,(H,18,22)(H,19,23)(H,20,21)/t16-/m0/s1. The van der Waals surface area contributed by atoms with Gasteiger partial charge in [-0.3, -0.25) is 14.4 Å². The Balaban J connectivity index is 2.41. The van der Waals surface area contributed by atoms with Crippen molar-refractivity contribution in [3.05, 3.63) is 55.2 Å². The van der Waals surface area contributed by atoms with Crippen LogP contribution in [-0.4, -0.2) is 21.0 Å². The Hall–Kier alpha value is -2.34. The quantitative estimate of drug-likeness (QED) is 0.746. The minimum atomic E-state index is -0.973. The molecule has 0 amide bonds. The molecule has 0 bridgehead atoms. The SMILES string of the molecule is CCC[C@]1(CC(=O)O)c2ccc(Cl)cc2-c2[nH]c(=O)c(=O)[nH]c21. The van der Waals surface area contributed by atoms with Gasteiger partial charge in [0, 0.05) is 16.0 Å². The third-order valence-corrected chi connectivity index (χ3v) is 4.54. The molecule has 6 nitrogen and oxygen atoms in total. The summed E-state index contributed by atoms with van der Waals surface area (Å²) < 4.78 is 0. The molecule has 0 fully saturated rings. The van der Waals surface area contributed by atoms with E-state index in [2.05, 4.69) is 9.97 Å². The lowest BCUT2D eigenvalue weighted by Crippen LogP contribution is -2.36. The van der Waals surface area contributed by atoms with Crippen molar-refractivity contribution in [1.29, 1.82) is 0 Å². The van der Waals surface area contributed by atoms with E-state index in [9.17, 15) is 19.5 Å². The van der Waals surface area contributed by atoms with Gasteiger partial charge in [0.25, 0.3) is 0 Å². The van der Waals surface area contributed by atoms with Crippen molar-refractivity contribution in [3.63, 3.8) is 0 Å². The molecule has 0 saturated carbocycles. The van der Waals surface area contributed by atoms with Crippen LogP contribution in [0.3, 0.4) is 0 Å². The Morgan fingerprint density at radius 3 is 2.61 bits per heavy atom. The molecule has 1 aromatic carbocycles. The fourth-order valence-corrected chi connectivity index (χ4v) is 3.69. The number of benzene rings is 1. The number of fused-ring (bicyclic) bond motifs is 3. The number of rotatable bonds is 4. The monoisotopic (exact) mass is 334 g/mol. The minimum absolute atomic E-state index is 0.176. The molecule has 1 aliphatic carbocycles. The summed E-state index contributed by atoms with van der Waals surface area (Å²) in [6.45, 7) is 1.95. The molecule has 7 heteroatoms. The molecule has 3 N–H and O–H groups in total. The van der Waals surface area contributed by atoms with Gasteiger partial charge >= 0.3 is 17.1 Å². The van der Waals surface area contributed by atoms with Gasteiger partial charge in [0.2, 0.25) is 0 Å². The van der Waals surface area contributed by atoms with E-state index in [0.717, 1.165) is 12.0 Å². The van der Waals surface area contributed by atoms with Crippen LogP contribution in [0, 0.1) is 0 Å². The third-order valence-electron chi connectivity index (χ3n) is 4.31. The molecule has 1 atom stereocenters. The van der Waals surface area contributed by atoms with Crippen LogP contribution in [0.25, 0.3) is 11.3 Å². The maximum Gasteiger partial charge on any atom is 0.314 e. The van der Waals surface area contributed by atoms with E-state index < -0.39 is 22.5 Å². The summed E-state index contributed by atoms with van der Waals surface area (Å²) in [4.78, 5) is 40.2. The van der Waals surface area contributed by atoms with E-state index in [0.29, 0.717) is 28.4 Å². The molecule has 1 heterocycles. The zero-order valence-corrected chi connectivity index (χ0v) is 13.2. The Bertz CT molecular complexity index is 915. The zero-order chi connectivity index (χ0) is 16.8. The molecule has 3 rings (SSSR count). The average molecular weight is 335 g/mol. The number of aliphatic carboxylic acids is 1. The van der Waals surface area contributed by atoms with Gasteiger partial charge in [0.1, 0.15) is 0 Å². The summed E-state index contributed by atoms with van der Waals surface area (Å²) >= 11 is 6.06. The van der Waals surface area contributed by atoms with Crippen molar-refractivity contribution < 1.29 is 9.90 Å². The molecule has 0 aliphatic heterocycles. The number of hydrogen-bond acceptors (Lipinski definition) is 3. The highest BCUT2D eigenvalue weighted by atomic mass is 35.5. The van der Waals surface area contributed by atoms with Crippen LogP contribution >= 0.6 is 11.6 Å². The number of carboxylic acid groups (broad SMARTS) is 1. The second-order valence-corrected chi connectivity index (χ2v) is 6.19. The van der Waals surface area contributed by atoms with Gasteiger partial charge in [-0.15, -0.1) is 0 Å². The summed E-state index contributed by atoms with van der Waals surface area (Å²) in [5, 5.41) is 9.88. The number of carbonyl (C=O) groups is 1. The minimum Gasteiger partial charge on any atom is -0.481 e. The topological polar surface area (TPSA) is 103 Å². The first-order valence-electron chi connectivity index (χ1n) is 7.28. The van der Waals surface area contributed by atoms with E-state index in [-0.39, 0.29) is 6.42 Å². The van der Waals surface area contributed by atoms with Crippen LogP contribution in [0.15, 0.2) is 27.8 Å². The number of H-pyrrole nitrogens is 2. The summed E-state index contributed by atoms with van der Waals surface area (Å²) in [6, 6.07) is 5.14. The molecule has 0 saturated heterocycles. The highest BCUT2D eigenvalue weighted by Gasteiger charge is 2.46. The molecular formula is C16H15ClN2O4. The molecule has 23 heavy (non-hydrogen) atoms. The number of nitrogens with one attached hydrogen (secondary N) is 2.